The van der Waals surface area contributed by atoms with Crippen LogP contribution in [0.15, 0.2) is 0 Å². The Morgan fingerprint density at radius 2 is 0.519 bits per heavy atom. The largest absolute Gasteiger partial charge is 0.452 e. The Morgan fingerprint density at radius 3 is 0.759 bits per heavy atom. The van der Waals surface area contributed by atoms with Gasteiger partial charge in [0.25, 0.3) is 0 Å². The molecule has 0 unspecified atom stereocenters. The van der Waals surface area contributed by atoms with Gasteiger partial charge in [0.1, 0.15) is 13.2 Å². The van der Waals surface area contributed by atoms with Gasteiger partial charge in [0, 0.05) is 17.8 Å². The number of terminal acetylenes is 3. The van der Waals surface area contributed by atoms with Crippen LogP contribution < -0.4 is 0 Å². The normalized spacial score (nSPS) is 5.44. The molecule has 0 aliphatic rings. The van der Waals surface area contributed by atoms with E-state index in [0.29, 0.717) is 0 Å². The minimum atomic E-state index is -1.33. The van der Waals surface area contributed by atoms with Crippen LogP contribution in [-0.2, 0) is 28.6 Å². The summed E-state index contributed by atoms with van der Waals surface area (Å²) in [7, 11) is 0. The third-order valence-corrected chi connectivity index (χ3v) is 3.66. The number of carbonyl (C=O) groups excluding carboxylic acids is 3. The standard InChI is InChI=1S/C48H8O6/c1-4-7-10-13-16-19-22-25-28-31-34-37-40-46(49)52-43-45(54-48(51)42-39-36-33-30-27-24-21-18-15-12-9-6-3)44-53-47(50)41-38-35-32-29-26-23-20-17-14-11-8-5-2/h1-3,45H,43-44H2. The molecule has 0 aliphatic carbocycles. The number of carbonyl (C=O) groups is 3. The fourth-order valence-corrected chi connectivity index (χ4v) is 1.91. The Labute approximate surface area is 315 Å². The fraction of sp³-hybridized carbons (Fsp3) is 0.0625. The molecule has 54 heavy (non-hydrogen) atoms. The molecule has 0 radical (unpaired) electrons. The second-order valence-corrected chi connectivity index (χ2v) is 7.16. The van der Waals surface area contributed by atoms with E-state index in [1.165, 1.54) is 0 Å². The smallest absolute Gasteiger partial charge is 0.385 e. The molecule has 0 N–H and O–H groups in total. The third kappa shape index (κ3) is 32.6. The van der Waals surface area contributed by atoms with E-state index in [1.54, 1.807) is 0 Å². The Kier molecular flexibility index (Phi) is 28.0. The molecule has 236 valence electrons. The molecule has 6 nitrogen and oxygen atoms in total. The highest BCUT2D eigenvalue weighted by Crippen LogP contribution is 1.97. The molecule has 0 rings (SSSR count). The molecule has 6 heteroatoms. The highest BCUT2D eigenvalue weighted by atomic mass is 16.6. The summed E-state index contributed by atoms with van der Waals surface area (Å²) in [4.78, 5) is 36.2. The van der Waals surface area contributed by atoms with Crippen molar-refractivity contribution in [2.75, 3.05) is 13.2 Å². The van der Waals surface area contributed by atoms with Crippen molar-refractivity contribution in [1.82, 2.24) is 0 Å². The molecule has 0 heterocycles. The molecule has 0 saturated heterocycles. The van der Waals surface area contributed by atoms with Crippen molar-refractivity contribution in [2.45, 2.75) is 6.10 Å². The summed E-state index contributed by atoms with van der Waals surface area (Å²) in [6, 6.07) is 0. The fourth-order valence-electron chi connectivity index (χ4n) is 1.91. The predicted molar refractivity (Wildman–Crippen MR) is 198 cm³/mol. The molecule has 0 aromatic rings. The molecule has 0 aliphatic heterocycles. The maximum absolute atomic E-state index is 12.2. The van der Waals surface area contributed by atoms with Crippen LogP contribution in [0.1, 0.15) is 0 Å². The quantitative estimate of drug-likeness (QED) is 0.160. The topological polar surface area (TPSA) is 78.9 Å². The van der Waals surface area contributed by atoms with Gasteiger partial charge in [-0.05, 0) is 213 Å². The second kappa shape index (κ2) is 35.0. The maximum Gasteiger partial charge on any atom is 0.385 e. The third-order valence-electron chi connectivity index (χ3n) is 3.66. The van der Waals surface area contributed by atoms with E-state index in [2.05, 4.69) is 231 Å². The minimum absolute atomic E-state index is 0.596. The molecular weight excluding hydrogens is 673 g/mol. The first kappa shape index (κ1) is 43.2. The SMILES string of the molecule is C#CC#CC#CC#CC#CC#CC#CC(=O)OCC(COC(=O)C#CC#CC#CC#CC#CC#CC#C)OC(=O)C#CC#CC#CC#CC#CC#CC#C. The van der Waals surface area contributed by atoms with E-state index in [9.17, 15) is 14.4 Å². The zero-order valence-electron chi connectivity index (χ0n) is 27.2. The lowest BCUT2D eigenvalue weighted by atomic mass is 10.4. The lowest BCUT2D eigenvalue weighted by Gasteiger charge is -2.15. The Morgan fingerprint density at radius 1 is 0.315 bits per heavy atom. The summed E-state index contributed by atoms with van der Waals surface area (Å²) in [5.41, 5.74) is 0. The molecule has 0 bridgehead atoms. The second-order valence-electron chi connectivity index (χ2n) is 7.16. The van der Waals surface area contributed by atoms with Gasteiger partial charge in [-0.25, -0.2) is 14.4 Å². The van der Waals surface area contributed by atoms with E-state index in [0.717, 1.165) is 0 Å². The van der Waals surface area contributed by atoms with Gasteiger partial charge in [-0.15, -0.1) is 19.3 Å². The highest BCUT2D eigenvalue weighted by Gasteiger charge is 2.18. The summed E-state index contributed by atoms with van der Waals surface area (Å²) in [5.74, 6) is 86.8. The average Bonchev–Trinajstić information content (AvgIpc) is 3.17. The summed E-state index contributed by atoms with van der Waals surface area (Å²) >= 11 is 0. The molecular formula is C48H8O6. The van der Waals surface area contributed by atoms with Crippen LogP contribution in [0.25, 0.3) is 0 Å². The predicted octanol–water partition coefficient (Wildman–Crippen LogP) is -1.05. The van der Waals surface area contributed by atoms with Crippen molar-refractivity contribution in [3.8, 4) is 250 Å². The van der Waals surface area contributed by atoms with E-state index < -0.39 is 37.2 Å². The number of hydrogen-bond donors (Lipinski definition) is 0. The first-order valence-corrected chi connectivity index (χ1v) is 13.5. The highest BCUT2D eigenvalue weighted by molar-refractivity contribution is 5.90. The van der Waals surface area contributed by atoms with Crippen LogP contribution in [0, 0.1) is 250 Å². The molecule has 0 aromatic heterocycles. The van der Waals surface area contributed by atoms with Gasteiger partial charge in [-0.1, -0.05) is 0 Å². The molecule has 0 atom stereocenters. The van der Waals surface area contributed by atoms with Crippen molar-refractivity contribution in [1.29, 1.82) is 0 Å². The summed E-state index contributed by atoms with van der Waals surface area (Å²) < 4.78 is 15.0. The Hall–Kier alpha value is -10.8. The van der Waals surface area contributed by atoms with Gasteiger partial charge in [0.05, 0.1) is 0 Å². The van der Waals surface area contributed by atoms with E-state index in [-0.39, 0.29) is 0 Å². The van der Waals surface area contributed by atoms with Crippen molar-refractivity contribution in [3.05, 3.63) is 0 Å². The number of ether oxygens (including phenoxy) is 3. The zero-order chi connectivity index (χ0) is 39.4. The zero-order valence-corrected chi connectivity index (χ0v) is 27.2. The number of hydrogen-bond acceptors (Lipinski definition) is 6. The van der Waals surface area contributed by atoms with Gasteiger partial charge in [-0.3, -0.25) is 0 Å². The van der Waals surface area contributed by atoms with Crippen molar-refractivity contribution < 1.29 is 28.6 Å². The van der Waals surface area contributed by atoms with E-state index >= 15 is 0 Å². The molecule has 0 amide bonds. The Balaban J connectivity index is 5.52. The molecule has 0 spiro atoms. The minimum Gasteiger partial charge on any atom is -0.452 e. The van der Waals surface area contributed by atoms with Crippen LogP contribution in [0.2, 0.25) is 0 Å². The van der Waals surface area contributed by atoms with Crippen LogP contribution in [-0.4, -0.2) is 37.2 Å². The number of rotatable bonds is 5. The number of esters is 3. The average molecular weight is 681 g/mol. The summed E-state index contributed by atoms with van der Waals surface area (Å²) in [5, 5.41) is 0. The van der Waals surface area contributed by atoms with Crippen molar-refractivity contribution >= 4 is 17.9 Å². The van der Waals surface area contributed by atoms with E-state index in [1.807, 2.05) is 0 Å². The van der Waals surface area contributed by atoms with E-state index in [4.69, 9.17) is 33.5 Å². The Bertz CT molecular complexity index is 2760. The lowest BCUT2D eigenvalue weighted by Crippen LogP contribution is -2.30. The van der Waals surface area contributed by atoms with Crippen LogP contribution >= 0.6 is 0 Å². The van der Waals surface area contributed by atoms with Gasteiger partial charge in [0.2, 0.25) is 0 Å². The monoisotopic (exact) mass is 680 g/mol. The first-order valence-electron chi connectivity index (χ1n) is 13.5. The van der Waals surface area contributed by atoms with Gasteiger partial charge in [0.15, 0.2) is 6.10 Å². The van der Waals surface area contributed by atoms with Crippen LogP contribution in [0.5, 0.6) is 0 Å². The summed E-state index contributed by atoms with van der Waals surface area (Å²) in [6.07, 6.45) is 13.5. The van der Waals surface area contributed by atoms with Gasteiger partial charge < -0.3 is 14.2 Å². The van der Waals surface area contributed by atoms with Crippen molar-refractivity contribution in [3.63, 3.8) is 0 Å². The first-order chi connectivity index (χ1) is 26.5. The van der Waals surface area contributed by atoms with Gasteiger partial charge in [-0.2, -0.15) is 0 Å². The van der Waals surface area contributed by atoms with Crippen LogP contribution in [0.4, 0.5) is 0 Å². The van der Waals surface area contributed by atoms with Crippen molar-refractivity contribution in [2.24, 2.45) is 0 Å². The van der Waals surface area contributed by atoms with Crippen LogP contribution in [0.3, 0.4) is 0 Å². The maximum atomic E-state index is 12.2. The molecule has 0 fully saturated rings. The molecule has 0 aromatic carbocycles. The molecule has 0 saturated carbocycles. The lowest BCUT2D eigenvalue weighted by molar-refractivity contribution is -0.158. The van der Waals surface area contributed by atoms with Gasteiger partial charge >= 0.3 is 17.9 Å². The summed E-state index contributed by atoms with van der Waals surface area (Å²) in [6.45, 7) is -1.19.